The first-order chi connectivity index (χ1) is 12.3. The first-order valence-electron chi connectivity index (χ1n) is 7.73. The lowest BCUT2D eigenvalue weighted by atomic mass is 10.1. The summed E-state index contributed by atoms with van der Waals surface area (Å²) >= 11 is 5.80. The Bertz CT molecular complexity index is 780. The third-order valence-corrected chi connectivity index (χ3v) is 3.80. The highest BCUT2D eigenvalue weighted by molar-refractivity contribution is 6.33. The van der Waals surface area contributed by atoms with Gasteiger partial charge in [-0.3, -0.25) is 9.59 Å². The summed E-state index contributed by atoms with van der Waals surface area (Å²) in [6.45, 7) is 0.348. The fourth-order valence-electron chi connectivity index (χ4n) is 2.19. The van der Waals surface area contributed by atoms with Crippen LogP contribution in [0.25, 0.3) is 0 Å². The van der Waals surface area contributed by atoms with Gasteiger partial charge in [-0.1, -0.05) is 41.9 Å². The molecule has 0 bridgehead atoms. The number of amides is 2. The predicted octanol–water partition coefficient (Wildman–Crippen LogP) is 4.05. The SMILES string of the molecule is O=C(CC(=O)Nc1cc(C(F)(F)F)ccc1Cl)NCCc1ccccc1. The van der Waals surface area contributed by atoms with Gasteiger partial charge in [0.1, 0.15) is 6.42 Å². The van der Waals surface area contributed by atoms with Gasteiger partial charge in [-0.05, 0) is 30.2 Å². The standard InChI is InChI=1S/C18H16ClF3N2O2/c19-14-7-6-13(18(20,21)22)10-15(14)24-17(26)11-16(25)23-9-8-12-4-2-1-3-5-12/h1-7,10H,8-9,11H2,(H,23,25)(H,24,26). The summed E-state index contributed by atoms with van der Waals surface area (Å²) < 4.78 is 38.1. The summed E-state index contributed by atoms with van der Waals surface area (Å²) in [5.74, 6) is -1.27. The van der Waals surface area contributed by atoms with Crippen LogP contribution < -0.4 is 10.6 Å². The first-order valence-corrected chi connectivity index (χ1v) is 8.11. The summed E-state index contributed by atoms with van der Waals surface area (Å²) in [6, 6.07) is 12.0. The summed E-state index contributed by atoms with van der Waals surface area (Å²) in [6.07, 6.45) is -4.46. The van der Waals surface area contributed by atoms with Crippen LogP contribution in [-0.4, -0.2) is 18.4 Å². The van der Waals surface area contributed by atoms with E-state index in [9.17, 15) is 22.8 Å². The van der Waals surface area contributed by atoms with Crippen molar-refractivity contribution in [3.63, 3.8) is 0 Å². The molecule has 0 aliphatic rings. The van der Waals surface area contributed by atoms with Gasteiger partial charge in [0.15, 0.2) is 0 Å². The zero-order valence-corrected chi connectivity index (χ0v) is 14.3. The van der Waals surface area contributed by atoms with Gasteiger partial charge in [0, 0.05) is 6.54 Å². The van der Waals surface area contributed by atoms with Gasteiger partial charge in [-0.2, -0.15) is 13.2 Å². The molecule has 0 saturated heterocycles. The van der Waals surface area contributed by atoms with Crippen LogP contribution in [0.4, 0.5) is 18.9 Å². The predicted molar refractivity (Wildman–Crippen MR) is 92.9 cm³/mol. The molecule has 2 amide bonds. The molecule has 0 fully saturated rings. The van der Waals surface area contributed by atoms with Gasteiger partial charge in [0.05, 0.1) is 16.3 Å². The fraction of sp³-hybridized carbons (Fsp3) is 0.222. The largest absolute Gasteiger partial charge is 0.416 e. The van der Waals surface area contributed by atoms with Gasteiger partial charge < -0.3 is 10.6 Å². The van der Waals surface area contributed by atoms with Crippen molar-refractivity contribution in [3.8, 4) is 0 Å². The molecule has 0 radical (unpaired) electrons. The number of rotatable bonds is 6. The topological polar surface area (TPSA) is 58.2 Å². The third-order valence-electron chi connectivity index (χ3n) is 3.47. The molecule has 8 heteroatoms. The van der Waals surface area contributed by atoms with Crippen LogP contribution in [0.3, 0.4) is 0 Å². The molecular weight excluding hydrogens is 369 g/mol. The van der Waals surface area contributed by atoms with E-state index in [0.29, 0.717) is 13.0 Å². The Labute approximate surface area is 153 Å². The fourth-order valence-corrected chi connectivity index (χ4v) is 2.36. The number of hydrogen-bond donors (Lipinski definition) is 2. The van der Waals surface area contributed by atoms with Crippen molar-refractivity contribution in [2.24, 2.45) is 0 Å². The lowest BCUT2D eigenvalue weighted by Gasteiger charge is -2.11. The second-order valence-corrected chi connectivity index (χ2v) is 5.91. The number of carbonyl (C=O) groups excluding carboxylic acids is 2. The Morgan fingerprint density at radius 1 is 1.00 bits per heavy atom. The molecule has 0 aromatic heterocycles. The smallest absolute Gasteiger partial charge is 0.355 e. The zero-order valence-electron chi connectivity index (χ0n) is 13.6. The van der Waals surface area contributed by atoms with Gasteiger partial charge in [0.25, 0.3) is 0 Å². The summed E-state index contributed by atoms with van der Waals surface area (Å²) in [5, 5.41) is 4.77. The van der Waals surface area contributed by atoms with Crippen LogP contribution in [0.2, 0.25) is 5.02 Å². The van der Waals surface area contributed by atoms with Crippen molar-refractivity contribution in [2.45, 2.75) is 19.0 Å². The van der Waals surface area contributed by atoms with Crippen LogP contribution in [0.15, 0.2) is 48.5 Å². The maximum absolute atomic E-state index is 12.7. The van der Waals surface area contributed by atoms with Gasteiger partial charge in [-0.25, -0.2) is 0 Å². The first kappa shape index (κ1) is 19.8. The average Bonchev–Trinajstić information content (AvgIpc) is 2.56. The minimum Gasteiger partial charge on any atom is -0.355 e. The normalized spacial score (nSPS) is 11.1. The van der Waals surface area contributed by atoms with Crippen molar-refractivity contribution < 1.29 is 22.8 Å². The molecule has 0 saturated carbocycles. The molecule has 138 valence electrons. The van der Waals surface area contributed by atoms with Crippen molar-refractivity contribution in [1.82, 2.24) is 5.32 Å². The number of benzene rings is 2. The Morgan fingerprint density at radius 2 is 1.69 bits per heavy atom. The number of halogens is 4. The number of nitrogens with one attached hydrogen (secondary N) is 2. The van der Waals surface area contributed by atoms with Crippen molar-refractivity contribution in [1.29, 1.82) is 0 Å². The lowest BCUT2D eigenvalue weighted by Crippen LogP contribution is -2.29. The summed E-state index contributed by atoms with van der Waals surface area (Å²) in [7, 11) is 0. The van der Waals surface area contributed by atoms with Crippen LogP contribution >= 0.6 is 11.6 Å². The lowest BCUT2D eigenvalue weighted by molar-refractivity contribution is -0.137. The van der Waals surface area contributed by atoms with Crippen molar-refractivity contribution in [3.05, 3.63) is 64.7 Å². The summed E-state index contributed by atoms with van der Waals surface area (Å²) in [4.78, 5) is 23.6. The van der Waals surface area contributed by atoms with E-state index in [2.05, 4.69) is 10.6 Å². The Balaban J connectivity index is 1.85. The van der Waals surface area contributed by atoms with E-state index >= 15 is 0 Å². The van der Waals surface area contributed by atoms with E-state index in [1.165, 1.54) is 0 Å². The Morgan fingerprint density at radius 3 is 2.35 bits per heavy atom. The van der Waals surface area contributed by atoms with Gasteiger partial charge in [-0.15, -0.1) is 0 Å². The van der Waals surface area contributed by atoms with Crippen molar-refractivity contribution >= 4 is 29.1 Å². The van der Waals surface area contributed by atoms with Crippen molar-refractivity contribution in [2.75, 3.05) is 11.9 Å². The number of hydrogen-bond acceptors (Lipinski definition) is 2. The van der Waals surface area contributed by atoms with E-state index in [1.807, 2.05) is 30.3 Å². The minimum atomic E-state index is -4.56. The highest BCUT2D eigenvalue weighted by Gasteiger charge is 2.31. The molecule has 2 N–H and O–H groups in total. The van der Waals surface area contributed by atoms with Crippen LogP contribution in [0.5, 0.6) is 0 Å². The quantitative estimate of drug-likeness (QED) is 0.738. The highest BCUT2D eigenvalue weighted by atomic mass is 35.5. The van der Waals surface area contributed by atoms with Gasteiger partial charge in [0.2, 0.25) is 11.8 Å². The molecule has 2 rings (SSSR count). The average molecular weight is 385 g/mol. The monoisotopic (exact) mass is 384 g/mol. The highest BCUT2D eigenvalue weighted by Crippen LogP contribution is 2.33. The molecule has 0 aliphatic carbocycles. The van der Waals surface area contributed by atoms with E-state index in [0.717, 1.165) is 23.8 Å². The van der Waals surface area contributed by atoms with Crippen LogP contribution in [-0.2, 0) is 22.2 Å². The zero-order chi connectivity index (χ0) is 19.2. The van der Waals surface area contributed by atoms with E-state index in [1.54, 1.807) is 0 Å². The molecule has 2 aromatic carbocycles. The number of anilines is 1. The second-order valence-electron chi connectivity index (χ2n) is 5.50. The number of alkyl halides is 3. The maximum atomic E-state index is 12.7. The molecule has 0 heterocycles. The van der Waals surface area contributed by atoms with E-state index in [4.69, 9.17) is 11.6 Å². The maximum Gasteiger partial charge on any atom is 0.416 e. The van der Waals surface area contributed by atoms with E-state index < -0.39 is 30.0 Å². The molecule has 0 unspecified atom stereocenters. The van der Waals surface area contributed by atoms with Crippen LogP contribution in [0.1, 0.15) is 17.5 Å². The molecule has 0 atom stereocenters. The second kappa shape index (κ2) is 8.71. The molecule has 0 spiro atoms. The van der Waals surface area contributed by atoms with Crippen LogP contribution in [0, 0.1) is 0 Å². The number of carbonyl (C=O) groups is 2. The van der Waals surface area contributed by atoms with Gasteiger partial charge >= 0.3 is 6.18 Å². The molecule has 26 heavy (non-hydrogen) atoms. The molecule has 2 aromatic rings. The van der Waals surface area contributed by atoms with E-state index in [-0.39, 0.29) is 10.7 Å². The summed E-state index contributed by atoms with van der Waals surface area (Å²) in [5.41, 5.74) is -0.0962. The Kier molecular flexibility index (Phi) is 6.63. The molecule has 4 nitrogen and oxygen atoms in total. The Hall–Kier alpha value is -2.54. The third kappa shape index (κ3) is 6.07. The molecule has 0 aliphatic heterocycles. The minimum absolute atomic E-state index is 0.0455. The molecular formula is C18H16ClF3N2O2.